The summed E-state index contributed by atoms with van der Waals surface area (Å²) in [6.45, 7) is 1.93. The van der Waals surface area contributed by atoms with Gasteiger partial charge in [0, 0.05) is 12.2 Å². The van der Waals surface area contributed by atoms with Crippen LogP contribution < -0.4 is 5.32 Å². The Hall–Kier alpha value is -2.55. The van der Waals surface area contributed by atoms with Crippen molar-refractivity contribution in [3.63, 3.8) is 0 Å². The maximum Gasteiger partial charge on any atom is 0.323 e. The minimum Gasteiger partial charge on any atom is -0.480 e. The lowest BCUT2D eigenvalue weighted by molar-refractivity contribution is -0.137. The monoisotopic (exact) mass is 275 g/mol. The van der Waals surface area contributed by atoms with Gasteiger partial charge >= 0.3 is 12.0 Å². The molecule has 1 rings (SSSR count). The largest absolute Gasteiger partial charge is 0.480 e. The molecule has 0 atom stereocenters. The normalized spacial score (nSPS) is 9.60. The molecule has 6 heteroatoms. The number of carboxylic acids is 1. The summed E-state index contributed by atoms with van der Waals surface area (Å²) >= 11 is 0. The van der Waals surface area contributed by atoms with Crippen molar-refractivity contribution >= 4 is 17.7 Å². The predicted octanol–water partition coefficient (Wildman–Crippen LogP) is 2.08. The van der Waals surface area contributed by atoms with E-state index in [0.717, 1.165) is 5.56 Å². The molecule has 106 valence electrons. The van der Waals surface area contributed by atoms with Crippen LogP contribution in [0.1, 0.15) is 18.9 Å². The first-order valence-electron chi connectivity index (χ1n) is 6.30. The van der Waals surface area contributed by atoms with Gasteiger partial charge in [0.1, 0.15) is 6.54 Å². The second kappa shape index (κ2) is 7.79. The maximum atomic E-state index is 11.9. The second-order valence-electron chi connectivity index (χ2n) is 4.28. The summed E-state index contributed by atoms with van der Waals surface area (Å²) < 4.78 is 0. The van der Waals surface area contributed by atoms with Crippen molar-refractivity contribution in [3.05, 3.63) is 29.8 Å². The third-order valence-electron chi connectivity index (χ3n) is 2.60. The predicted molar refractivity (Wildman–Crippen MR) is 74.3 cm³/mol. The lowest BCUT2D eigenvalue weighted by Crippen LogP contribution is -2.39. The number of carbonyl (C=O) groups excluding carboxylic acids is 1. The number of nitrogens with one attached hydrogen (secondary N) is 1. The first-order valence-corrected chi connectivity index (χ1v) is 6.30. The molecule has 0 aliphatic rings. The van der Waals surface area contributed by atoms with Crippen LogP contribution >= 0.6 is 0 Å². The molecule has 0 unspecified atom stereocenters. The van der Waals surface area contributed by atoms with Crippen molar-refractivity contribution < 1.29 is 14.7 Å². The van der Waals surface area contributed by atoms with Crippen molar-refractivity contribution in [1.29, 1.82) is 5.26 Å². The van der Waals surface area contributed by atoms with Crippen LogP contribution in [-0.2, 0) is 11.2 Å². The van der Waals surface area contributed by atoms with Crippen LogP contribution in [0.2, 0.25) is 0 Å². The minimum absolute atomic E-state index is 0.315. The van der Waals surface area contributed by atoms with E-state index in [-0.39, 0.29) is 6.54 Å². The lowest BCUT2D eigenvalue weighted by atomic mass is 10.1. The van der Waals surface area contributed by atoms with Crippen LogP contribution in [0.25, 0.3) is 0 Å². The fraction of sp³-hybridized carbons (Fsp3) is 0.357. The Bertz CT molecular complexity index is 505. The number of amides is 2. The van der Waals surface area contributed by atoms with Crippen molar-refractivity contribution in [3.8, 4) is 6.07 Å². The first-order chi connectivity index (χ1) is 9.56. The van der Waals surface area contributed by atoms with E-state index in [1.807, 2.05) is 13.0 Å². The number of carboxylic acid groups (broad SMARTS) is 1. The quantitative estimate of drug-likeness (QED) is 0.831. The number of rotatable bonds is 6. The molecule has 0 heterocycles. The Morgan fingerprint density at radius 3 is 2.50 bits per heavy atom. The molecule has 0 bridgehead atoms. The van der Waals surface area contributed by atoms with Crippen molar-refractivity contribution in [2.24, 2.45) is 0 Å². The van der Waals surface area contributed by atoms with Gasteiger partial charge in [0.25, 0.3) is 0 Å². The standard InChI is InChI=1S/C14H17N3O3/c1-2-9-17(10-13(18)19)14(20)16-12-5-3-11(4-6-12)7-8-15/h3-6H,2,7,9-10H2,1H3,(H,16,20)(H,18,19). The molecule has 0 aromatic heterocycles. The molecule has 1 aromatic rings. The third kappa shape index (κ3) is 4.98. The molecule has 20 heavy (non-hydrogen) atoms. The van der Waals surface area contributed by atoms with Gasteiger partial charge in [-0.25, -0.2) is 4.79 Å². The molecule has 0 spiro atoms. The van der Waals surface area contributed by atoms with Gasteiger partial charge in [0.15, 0.2) is 0 Å². The Labute approximate surface area is 117 Å². The Kier molecular flexibility index (Phi) is 6.04. The van der Waals surface area contributed by atoms with Gasteiger partial charge in [-0.05, 0) is 24.1 Å². The number of anilines is 1. The molecular weight excluding hydrogens is 258 g/mol. The van der Waals surface area contributed by atoms with Gasteiger partial charge in [-0.15, -0.1) is 0 Å². The van der Waals surface area contributed by atoms with E-state index in [1.165, 1.54) is 4.90 Å². The third-order valence-corrected chi connectivity index (χ3v) is 2.60. The maximum absolute atomic E-state index is 11.9. The Balaban J connectivity index is 2.67. The average molecular weight is 275 g/mol. The number of nitrogens with zero attached hydrogens (tertiary/aromatic N) is 2. The van der Waals surface area contributed by atoms with Crippen molar-refractivity contribution in [2.75, 3.05) is 18.4 Å². The molecule has 0 aliphatic heterocycles. The fourth-order valence-electron chi connectivity index (χ4n) is 1.69. The zero-order chi connectivity index (χ0) is 15.0. The summed E-state index contributed by atoms with van der Waals surface area (Å²) in [6.07, 6.45) is 0.997. The summed E-state index contributed by atoms with van der Waals surface area (Å²) in [5.74, 6) is -1.04. The molecular formula is C14H17N3O3. The van der Waals surface area contributed by atoms with Crippen LogP contribution in [-0.4, -0.2) is 35.1 Å². The zero-order valence-corrected chi connectivity index (χ0v) is 11.3. The van der Waals surface area contributed by atoms with E-state index in [9.17, 15) is 9.59 Å². The van der Waals surface area contributed by atoms with Crippen LogP contribution in [0.5, 0.6) is 0 Å². The second-order valence-corrected chi connectivity index (χ2v) is 4.28. The topological polar surface area (TPSA) is 93.4 Å². The lowest BCUT2D eigenvalue weighted by Gasteiger charge is -2.20. The number of urea groups is 1. The van der Waals surface area contributed by atoms with E-state index in [4.69, 9.17) is 10.4 Å². The van der Waals surface area contributed by atoms with Gasteiger partial charge in [-0.3, -0.25) is 4.79 Å². The zero-order valence-electron chi connectivity index (χ0n) is 11.3. The van der Waals surface area contributed by atoms with Gasteiger partial charge < -0.3 is 15.3 Å². The summed E-state index contributed by atoms with van der Waals surface area (Å²) in [5, 5.41) is 20.0. The van der Waals surface area contributed by atoms with Crippen molar-refractivity contribution in [2.45, 2.75) is 19.8 Å². The molecule has 0 radical (unpaired) electrons. The molecule has 0 aliphatic carbocycles. The first kappa shape index (κ1) is 15.5. The number of nitriles is 1. The smallest absolute Gasteiger partial charge is 0.323 e. The highest BCUT2D eigenvalue weighted by Gasteiger charge is 2.15. The Morgan fingerprint density at radius 1 is 1.35 bits per heavy atom. The van der Waals surface area contributed by atoms with E-state index in [1.54, 1.807) is 24.3 Å². The average Bonchev–Trinajstić information content (AvgIpc) is 2.40. The molecule has 0 saturated heterocycles. The molecule has 0 saturated carbocycles. The SMILES string of the molecule is CCCN(CC(=O)O)C(=O)Nc1ccc(CC#N)cc1. The summed E-state index contributed by atoms with van der Waals surface area (Å²) in [4.78, 5) is 23.9. The number of benzene rings is 1. The minimum atomic E-state index is -1.04. The van der Waals surface area contributed by atoms with Crippen molar-refractivity contribution in [1.82, 2.24) is 4.90 Å². The number of aliphatic carboxylic acids is 1. The summed E-state index contributed by atoms with van der Waals surface area (Å²) in [5.41, 5.74) is 1.43. The van der Waals surface area contributed by atoms with E-state index in [2.05, 4.69) is 5.32 Å². The van der Waals surface area contributed by atoms with Crippen LogP contribution in [0.3, 0.4) is 0 Å². The van der Waals surface area contributed by atoms with E-state index in [0.29, 0.717) is 25.1 Å². The highest BCUT2D eigenvalue weighted by atomic mass is 16.4. The fourth-order valence-corrected chi connectivity index (χ4v) is 1.69. The van der Waals surface area contributed by atoms with Gasteiger partial charge in [-0.2, -0.15) is 5.26 Å². The van der Waals surface area contributed by atoms with Gasteiger partial charge in [0.05, 0.1) is 12.5 Å². The number of hydrogen-bond acceptors (Lipinski definition) is 3. The summed E-state index contributed by atoms with van der Waals surface area (Å²) in [7, 11) is 0. The van der Waals surface area contributed by atoms with Crippen LogP contribution in [0.15, 0.2) is 24.3 Å². The molecule has 6 nitrogen and oxygen atoms in total. The van der Waals surface area contributed by atoms with Gasteiger partial charge in [-0.1, -0.05) is 19.1 Å². The highest BCUT2D eigenvalue weighted by molar-refractivity contribution is 5.91. The number of hydrogen-bond donors (Lipinski definition) is 2. The van der Waals surface area contributed by atoms with Gasteiger partial charge in [0.2, 0.25) is 0 Å². The highest BCUT2D eigenvalue weighted by Crippen LogP contribution is 2.11. The molecule has 1 aromatic carbocycles. The molecule has 0 fully saturated rings. The molecule has 2 N–H and O–H groups in total. The van der Waals surface area contributed by atoms with E-state index >= 15 is 0 Å². The Morgan fingerprint density at radius 2 is 2.00 bits per heavy atom. The van der Waals surface area contributed by atoms with E-state index < -0.39 is 12.0 Å². The van der Waals surface area contributed by atoms with Crippen LogP contribution in [0.4, 0.5) is 10.5 Å². The summed E-state index contributed by atoms with van der Waals surface area (Å²) in [6, 6.07) is 8.48. The van der Waals surface area contributed by atoms with Crippen LogP contribution in [0, 0.1) is 11.3 Å². The number of carbonyl (C=O) groups is 2. The molecule has 2 amide bonds.